The van der Waals surface area contributed by atoms with Crippen LogP contribution in [-0.2, 0) is 9.84 Å². The summed E-state index contributed by atoms with van der Waals surface area (Å²) >= 11 is 0. The third kappa shape index (κ3) is 3.18. The lowest BCUT2D eigenvalue weighted by Gasteiger charge is -2.27. The number of ether oxygens (including phenoxy) is 1. The van der Waals surface area contributed by atoms with Crippen LogP contribution in [0.25, 0.3) is 0 Å². The van der Waals surface area contributed by atoms with Gasteiger partial charge in [0.15, 0.2) is 6.29 Å². The Morgan fingerprint density at radius 3 is 1.90 bits per heavy atom. The summed E-state index contributed by atoms with van der Waals surface area (Å²) < 4.78 is 5.18. The molecule has 0 amide bonds. The molecule has 0 saturated heterocycles. The van der Waals surface area contributed by atoms with Gasteiger partial charge in [-0.2, -0.15) is 0 Å². The van der Waals surface area contributed by atoms with Crippen LogP contribution in [0.4, 0.5) is 0 Å². The fourth-order valence-corrected chi connectivity index (χ4v) is 0.817. The maximum Gasteiger partial charge on any atom is 0.189 e. The summed E-state index contributed by atoms with van der Waals surface area (Å²) in [5.74, 6) is 0. The molecule has 0 heterocycles. The van der Waals surface area contributed by atoms with E-state index in [-0.39, 0.29) is 5.60 Å². The Morgan fingerprint density at radius 2 is 1.80 bits per heavy atom. The minimum Gasteiger partial charge on any atom is -0.344 e. The van der Waals surface area contributed by atoms with Crippen LogP contribution < -0.4 is 0 Å². The number of hydrogen-bond acceptors (Lipinski definition) is 1. The molecule has 0 aliphatic heterocycles. The zero-order valence-corrected chi connectivity index (χ0v) is 7.31. The van der Waals surface area contributed by atoms with Gasteiger partial charge in [-0.05, 0) is 26.7 Å². The predicted octanol–water partition coefficient (Wildman–Crippen LogP) is 2.36. The molecule has 0 bridgehead atoms. The van der Waals surface area contributed by atoms with E-state index in [1.807, 2.05) is 20.8 Å². The smallest absolute Gasteiger partial charge is 0.189 e. The Morgan fingerprint density at radius 1 is 1.40 bits per heavy atom. The lowest BCUT2D eigenvalue weighted by atomic mass is 10.0. The van der Waals surface area contributed by atoms with Gasteiger partial charge in [-0.15, -0.1) is 0 Å². The van der Waals surface area contributed by atoms with Crippen LogP contribution in [0.5, 0.6) is 0 Å². The zero-order chi connectivity index (χ0) is 8.20. The normalized spacial score (nSPS) is 15.3. The molecule has 0 spiro atoms. The Balaban J connectivity index is 3.80. The van der Waals surface area contributed by atoms with Crippen LogP contribution >= 0.6 is 0 Å². The highest BCUT2D eigenvalue weighted by molar-refractivity contribution is 4.70. The summed E-state index contributed by atoms with van der Waals surface area (Å²) in [7, 11) is 0. The lowest BCUT2D eigenvalue weighted by Crippen LogP contribution is -2.30. The molecule has 0 aromatic carbocycles. The van der Waals surface area contributed by atoms with E-state index in [9.17, 15) is 5.11 Å². The molecule has 61 valence electrons. The van der Waals surface area contributed by atoms with Crippen molar-refractivity contribution in [2.45, 2.75) is 52.4 Å². The van der Waals surface area contributed by atoms with Gasteiger partial charge >= 0.3 is 0 Å². The summed E-state index contributed by atoms with van der Waals surface area (Å²) in [5.41, 5.74) is -0.207. The van der Waals surface area contributed by atoms with Gasteiger partial charge in [-0.25, -0.2) is 5.11 Å². The predicted molar refractivity (Wildman–Crippen MR) is 40.2 cm³/mol. The van der Waals surface area contributed by atoms with Crippen molar-refractivity contribution in [2.75, 3.05) is 0 Å². The topological polar surface area (TPSA) is 29.1 Å². The molecule has 0 aliphatic rings. The molecule has 10 heavy (non-hydrogen) atoms. The van der Waals surface area contributed by atoms with Gasteiger partial charge in [0, 0.05) is 0 Å². The van der Waals surface area contributed by atoms with Crippen molar-refractivity contribution in [1.29, 1.82) is 0 Å². The van der Waals surface area contributed by atoms with E-state index in [1.54, 1.807) is 0 Å². The number of hydrogen-bond donors (Lipinski definition) is 0. The average Bonchev–Trinajstić information content (AvgIpc) is 1.87. The molecule has 0 N–H and O–H groups in total. The molecule has 1 radical (unpaired) electrons. The molecule has 0 aliphatic carbocycles. The van der Waals surface area contributed by atoms with Crippen molar-refractivity contribution >= 4 is 0 Å². The van der Waals surface area contributed by atoms with Gasteiger partial charge in [0.05, 0.1) is 5.60 Å². The van der Waals surface area contributed by atoms with Crippen molar-refractivity contribution in [3.63, 3.8) is 0 Å². The molecular formula is C8H17O2. The molecule has 2 nitrogen and oxygen atoms in total. The van der Waals surface area contributed by atoms with Crippen molar-refractivity contribution in [1.82, 2.24) is 0 Å². The van der Waals surface area contributed by atoms with Crippen LogP contribution in [0, 0.1) is 0 Å². The highest BCUT2D eigenvalue weighted by Crippen LogP contribution is 2.20. The van der Waals surface area contributed by atoms with E-state index in [1.165, 1.54) is 6.92 Å². The summed E-state index contributed by atoms with van der Waals surface area (Å²) in [4.78, 5) is 0. The van der Waals surface area contributed by atoms with E-state index in [2.05, 4.69) is 0 Å². The minimum absolute atomic E-state index is 0.207. The maximum atomic E-state index is 10.6. The van der Waals surface area contributed by atoms with E-state index in [4.69, 9.17) is 4.74 Å². The molecule has 2 heteroatoms. The molecule has 0 saturated carbocycles. The molecule has 1 unspecified atom stereocenters. The summed E-state index contributed by atoms with van der Waals surface area (Å²) in [6, 6.07) is 0. The SMILES string of the molecule is CCC(C)(CC)OC(C)[O]. The van der Waals surface area contributed by atoms with Crippen LogP contribution in [0.15, 0.2) is 0 Å². The van der Waals surface area contributed by atoms with Crippen molar-refractivity contribution < 1.29 is 9.84 Å². The highest BCUT2D eigenvalue weighted by Gasteiger charge is 2.22. The Kier molecular flexibility index (Phi) is 3.91. The first-order valence-electron chi connectivity index (χ1n) is 3.87. The number of rotatable bonds is 4. The molecule has 1 atom stereocenters. The van der Waals surface area contributed by atoms with Crippen molar-refractivity contribution in [2.24, 2.45) is 0 Å². The first-order chi connectivity index (χ1) is 4.54. The Bertz CT molecular complexity index is 85.3. The van der Waals surface area contributed by atoms with Crippen LogP contribution in [0.1, 0.15) is 40.5 Å². The molecule has 0 aromatic heterocycles. The highest BCUT2D eigenvalue weighted by atomic mass is 16.6. The molecule has 0 rings (SSSR count). The van der Waals surface area contributed by atoms with Crippen molar-refractivity contribution in [3.05, 3.63) is 0 Å². The van der Waals surface area contributed by atoms with Gasteiger partial charge in [-0.3, -0.25) is 0 Å². The second-order valence-corrected chi connectivity index (χ2v) is 2.84. The fraction of sp³-hybridized carbons (Fsp3) is 1.00. The quantitative estimate of drug-likeness (QED) is 0.558. The first kappa shape index (κ1) is 9.92. The fourth-order valence-electron chi connectivity index (χ4n) is 0.817. The lowest BCUT2D eigenvalue weighted by molar-refractivity contribution is -0.198. The van der Waals surface area contributed by atoms with Gasteiger partial charge in [0.25, 0.3) is 0 Å². The Labute approximate surface area is 63.2 Å². The van der Waals surface area contributed by atoms with Crippen LogP contribution in [0.2, 0.25) is 0 Å². The molecule has 0 aromatic rings. The van der Waals surface area contributed by atoms with Crippen LogP contribution in [-0.4, -0.2) is 11.9 Å². The van der Waals surface area contributed by atoms with Crippen LogP contribution in [0.3, 0.4) is 0 Å². The summed E-state index contributed by atoms with van der Waals surface area (Å²) in [5, 5.41) is 10.6. The van der Waals surface area contributed by atoms with E-state index >= 15 is 0 Å². The van der Waals surface area contributed by atoms with Gasteiger partial charge in [0.1, 0.15) is 0 Å². The first-order valence-corrected chi connectivity index (χ1v) is 3.87. The maximum absolute atomic E-state index is 10.6. The zero-order valence-electron chi connectivity index (χ0n) is 7.31. The second-order valence-electron chi connectivity index (χ2n) is 2.84. The van der Waals surface area contributed by atoms with E-state index in [0.717, 1.165) is 12.8 Å². The second kappa shape index (κ2) is 3.94. The van der Waals surface area contributed by atoms with Crippen molar-refractivity contribution in [3.8, 4) is 0 Å². The summed E-state index contributed by atoms with van der Waals surface area (Å²) in [6.45, 7) is 7.57. The van der Waals surface area contributed by atoms with E-state index in [0.29, 0.717) is 0 Å². The average molecular weight is 145 g/mol. The van der Waals surface area contributed by atoms with Gasteiger partial charge in [-0.1, -0.05) is 13.8 Å². The van der Waals surface area contributed by atoms with Gasteiger partial charge in [0.2, 0.25) is 0 Å². The third-order valence-electron chi connectivity index (χ3n) is 1.95. The monoisotopic (exact) mass is 145 g/mol. The third-order valence-corrected chi connectivity index (χ3v) is 1.95. The molecule has 0 fully saturated rings. The van der Waals surface area contributed by atoms with Gasteiger partial charge < -0.3 is 4.74 Å². The standard InChI is InChI=1S/C8H17O2/c1-5-8(4,6-2)10-7(3)9/h7H,5-6H2,1-4H3. The molecular weight excluding hydrogens is 128 g/mol. The minimum atomic E-state index is -0.898. The Hall–Kier alpha value is -0.0800. The van der Waals surface area contributed by atoms with E-state index < -0.39 is 6.29 Å². The summed E-state index contributed by atoms with van der Waals surface area (Å²) in [6.07, 6.45) is 0.900. The largest absolute Gasteiger partial charge is 0.344 e.